The Labute approximate surface area is 102 Å². The lowest BCUT2D eigenvalue weighted by molar-refractivity contribution is 0.702. The van der Waals surface area contributed by atoms with E-state index in [1.165, 1.54) is 5.56 Å². The second-order valence-corrected chi connectivity index (χ2v) is 4.44. The molecule has 0 fully saturated rings. The monoisotopic (exact) mass is 227 g/mol. The van der Waals surface area contributed by atoms with E-state index in [4.69, 9.17) is 5.73 Å². The Morgan fingerprint density at radius 2 is 1.65 bits per heavy atom. The average molecular weight is 227 g/mol. The third kappa shape index (κ3) is 3.11. The summed E-state index contributed by atoms with van der Waals surface area (Å²) in [6, 6.07) is 8.44. The van der Waals surface area contributed by atoms with Crippen LogP contribution >= 0.6 is 0 Å². The van der Waals surface area contributed by atoms with E-state index in [0.29, 0.717) is 6.42 Å². The van der Waals surface area contributed by atoms with Crippen LogP contribution in [0.3, 0.4) is 0 Å². The second kappa shape index (κ2) is 5.06. The Balaban J connectivity index is 2.20. The number of nitrogens with zero attached hydrogens (tertiary/aromatic N) is 2. The van der Waals surface area contributed by atoms with Gasteiger partial charge in [0.25, 0.3) is 0 Å². The largest absolute Gasteiger partial charge is 0.328 e. The van der Waals surface area contributed by atoms with Crippen LogP contribution in [0.4, 0.5) is 0 Å². The van der Waals surface area contributed by atoms with E-state index in [9.17, 15) is 0 Å². The lowest BCUT2D eigenvalue weighted by atomic mass is 10.1. The number of hydrogen-bond donors (Lipinski definition) is 1. The third-order valence-corrected chi connectivity index (χ3v) is 2.59. The first-order chi connectivity index (χ1) is 8.15. The van der Waals surface area contributed by atoms with Crippen molar-refractivity contribution in [2.24, 2.45) is 5.73 Å². The Bertz CT molecular complexity index is 472. The van der Waals surface area contributed by atoms with Gasteiger partial charge in [-0.3, -0.25) is 0 Å². The van der Waals surface area contributed by atoms with Crippen molar-refractivity contribution in [3.8, 4) is 11.1 Å². The van der Waals surface area contributed by atoms with Crippen LogP contribution in [0.1, 0.15) is 18.3 Å². The maximum absolute atomic E-state index is 5.71. The van der Waals surface area contributed by atoms with Crippen LogP contribution in [0.5, 0.6) is 0 Å². The van der Waals surface area contributed by atoms with Crippen LogP contribution in [0.2, 0.25) is 0 Å². The molecule has 88 valence electrons. The Morgan fingerprint density at radius 1 is 1.06 bits per heavy atom. The molecular weight excluding hydrogens is 210 g/mol. The van der Waals surface area contributed by atoms with Gasteiger partial charge in [0.2, 0.25) is 0 Å². The van der Waals surface area contributed by atoms with Gasteiger partial charge in [-0.2, -0.15) is 0 Å². The van der Waals surface area contributed by atoms with Crippen molar-refractivity contribution < 1.29 is 0 Å². The summed E-state index contributed by atoms with van der Waals surface area (Å²) in [4.78, 5) is 8.65. The minimum absolute atomic E-state index is 0.0974. The molecule has 1 unspecified atom stereocenters. The highest BCUT2D eigenvalue weighted by Gasteiger charge is 2.02. The molecular formula is C14H17N3. The lowest BCUT2D eigenvalue weighted by Crippen LogP contribution is -2.19. The molecule has 0 saturated carbocycles. The zero-order valence-electron chi connectivity index (χ0n) is 10.2. The maximum Gasteiger partial charge on any atom is 0.129 e. The number of nitrogens with two attached hydrogens (primary N) is 1. The number of benzene rings is 1. The molecule has 0 aliphatic heterocycles. The normalized spacial score (nSPS) is 12.4. The molecule has 1 atom stereocenters. The molecule has 2 aromatic rings. The maximum atomic E-state index is 5.71. The van der Waals surface area contributed by atoms with E-state index in [-0.39, 0.29) is 6.04 Å². The van der Waals surface area contributed by atoms with E-state index in [0.717, 1.165) is 17.0 Å². The van der Waals surface area contributed by atoms with Crippen LogP contribution in [-0.2, 0) is 6.42 Å². The first-order valence-corrected chi connectivity index (χ1v) is 5.78. The number of rotatable bonds is 3. The average Bonchev–Trinajstić information content (AvgIpc) is 2.30. The summed E-state index contributed by atoms with van der Waals surface area (Å²) in [7, 11) is 0. The van der Waals surface area contributed by atoms with Crippen LogP contribution in [0.25, 0.3) is 11.1 Å². The van der Waals surface area contributed by atoms with Crippen LogP contribution < -0.4 is 5.73 Å². The number of aromatic nitrogens is 2. The molecule has 0 spiro atoms. The van der Waals surface area contributed by atoms with Gasteiger partial charge in [0.05, 0.1) is 0 Å². The molecule has 0 amide bonds. The zero-order valence-corrected chi connectivity index (χ0v) is 10.2. The van der Waals surface area contributed by atoms with E-state index >= 15 is 0 Å². The summed E-state index contributed by atoms with van der Waals surface area (Å²) in [6.07, 6.45) is 4.43. The molecule has 1 aromatic carbocycles. The minimum atomic E-state index is 0.0974. The highest BCUT2D eigenvalue weighted by molar-refractivity contribution is 5.61. The van der Waals surface area contributed by atoms with E-state index in [1.807, 2.05) is 19.3 Å². The van der Waals surface area contributed by atoms with Crippen molar-refractivity contribution in [2.45, 2.75) is 26.3 Å². The second-order valence-electron chi connectivity index (χ2n) is 4.44. The van der Waals surface area contributed by atoms with Gasteiger partial charge in [-0.25, -0.2) is 9.97 Å². The predicted molar refractivity (Wildman–Crippen MR) is 69.6 cm³/mol. The summed E-state index contributed by atoms with van der Waals surface area (Å²) in [5.74, 6) is 0.802. The van der Waals surface area contributed by atoms with Crippen molar-refractivity contribution in [3.05, 3.63) is 48.0 Å². The summed E-state index contributed by atoms with van der Waals surface area (Å²) in [5, 5.41) is 0. The standard InChI is InChI=1S/C14H17N3/c1-10-3-5-12(6-4-10)13-8-16-14(17-9-13)7-11(2)15/h3-6,8-9,11H,7,15H2,1-2H3. The molecule has 0 bridgehead atoms. The molecule has 3 heteroatoms. The van der Waals surface area contributed by atoms with Gasteiger partial charge in [-0.1, -0.05) is 29.8 Å². The molecule has 3 nitrogen and oxygen atoms in total. The minimum Gasteiger partial charge on any atom is -0.328 e. The van der Waals surface area contributed by atoms with E-state index < -0.39 is 0 Å². The number of aryl methyl sites for hydroxylation is 1. The van der Waals surface area contributed by atoms with Gasteiger partial charge in [0.15, 0.2) is 0 Å². The fraction of sp³-hybridized carbons (Fsp3) is 0.286. The third-order valence-electron chi connectivity index (χ3n) is 2.59. The van der Waals surface area contributed by atoms with Gasteiger partial charge >= 0.3 is 0 Å². The van der Waals surface area contributed by atoms with Crippen molar-refractivity contribution in [1.82, 2.24) is 9.97 Å². The summed E-state index contributed by atoms with van der Waals surface area (Å²) >= 11 is 0. The van der Waals surface area contributed by atoms with E-state index in [1.54, 1.807) is 0 Å². The first kappa shape index (κ1) is 11.7. The van der Waals surface area contributed by atoms with Gasteiger partial charge < -0.3 is 5.73 Å². The molecule has 1 heterocycles. The number of hydrogen-bond acceptors (Lipinski definition) is 3. The lowest BCUT2D eigenvalue weighted by Gasteiger charge is -2.05. The molecule has 0 radical (unpaired) electrons. The van der Waals surface area contributed by atoms with Crippen molar-refractivity contribution in [3.63, 3.8) is 0 Å². The SMILES string of the molecule is Cc1ccc(-c2cnc(CC(C)N)nc2)cc1. The highest BCUT2D eigenvalue weighted by atomic mass is 14.9. The van der Waals surface area contributed by atoms with E-state index in [2.05, 4.69) is 41.2 Å². The summed E-state index contributed by atoms with van der Waals surface area (Å²) < 4.78 is 0. The Kier molecular flexibility index (Phi) is 3.49. The van der Waals surface area contributed by atoms with Crippen molar-refractivity contribution in [1.29, 1.82) is 0 Å². The van der Waals surface area contributed by atoms with Gasteiger partial charge in [0.1, 0.15) is 5.82 Å². The predicted octanol–water partition coefficient (Wildman–Crippen LogP) is 2.34. The van der Waals surface area contributed by atoms with Crippen molar-refractivity contribution >= 4 is 0 Å². The fourth-order valence-electron chi connectivity index (χ4n) is 1.64. The van der Waals surface area contributed by atoms with Crippen LogP contribution in [-0.4, -0.2) is 16.0 Å². The molecule has 1 aromatic heterocycles. The van der Waals surface area contributed by atoms with Crippen LogP contribution in [0, 0.1) is 6.92 Å². The van der Waals surface area contributed by atoms with Gasteiger partial charge in [-0.05, 0) is 19.4 Å². The van der Waals surface area contributed by atoms with Crippen LogP contribution in [0.15, 0.2) is 36.7 Å². The molecule has 0 saturated heterocycles. The summed E-state index contributed by atoms with van der Waals surface area (Å²) in [6.45, 7) is 4.03. The Hall–Kier alpha value is -1.74. The van der Waals surface area contributed by atoms with Crippen molar-refractivity contribution in [2.75, 3.05) is 0 Å². The zero-order chi connectivity index (χ0) is 12.3. The van der Waals surface area contributed by atoms with Gasteiger partial charge in [-0.15, -0.1) is 0 Å². The molecule has 0 aliphatic rings. The smallest absolute Gasteiger partial charge is 0.129 e. The fourth-order valence-corrected chi connectivity index (χ4v) is 1.64. The summed E-state index contributed by atoms with van der Waals surface area (Å²) in [5.41, 5.74) is 9.15. The topological polar surface area (TPSA) is 51.8 Å². The molecule has 17 heavy (non-hydrogen) atoms. The highest BCUT2D eigenvalue weighted by Crippen LogP contribution is 2.17. The quantitative estimate of drug-likeness (QED) is 0.875. The molecule has 0 aliphatic carbocycles. The first-order valence-electron chi connectivity index (χ1n) is 5.78. The molecule has 2 rings (SSSR count). The van der Waals surface area contributed by atoms with Gasteiger partial charge in [0, 0.05) is 30.4 Å². The Morgan fingerprint density at radius 3 is 2.18 bits per heavy atom. The molecule has 2 N–H and O–H groups in total.